The largest absolute Gasteiger partial charge is 0.369 e. The Morgan fingerprint density at radius 2 is 1.57 bits per heavy atom. The van der Waals surface area contributed by atoms with Crippen molar-refractivity contribution in [3.05, 3.63) is 65.7 Å². The third-order valence-corrected chi connectivity index (χ3v) is 5.25. The molecule has 1 amide bonds. The SMILES string of the molecule is CCC(CC)=NNC(=O)c1ccc(CN2CCN(c3ccccc3)CC2)cc1. The number of hydrogen-bond donors (Lipinski definition) is 1. The van der Waals surface area contributed by atoms with E-state index in [9.17, 15) is 4.79 Å². The van der Waals surface area contributed by atoms with Gasteiger partial charge in [0.05, 0.1) is 0 Å². The number of benzene rings is 2. The number of anilines is 1. The van der Waals surface area contributed by atoms with Crippen LogP contribution in [0.3, 0.4) is 0 Å². The monoisotopic (exact) mass is 378 g/mol. The van der Waals surface area contributed by atoms with Crippen LogP contribution in [0.1, 0.15) is 42.6 Å². The topological polar surface area (TPSA) is 47.9 Å². The molecule has 3 rings (SSSR count). The molecule has 0 bridgehead atoms. The first-order valence-electron chi connectivity index (χ1n) is 10.2. The zero-order valence-corrected chi connectivity index (χ0v) is 16.9. The molecule has 0 saturated carbocycles. The van der Waals surface area contributed by atoms with Gasteiger partial charge in [-0.15, -0.1) is 0 Å². The minimum atomic E-state index is -0.151. The van der Waals surface area contributed by atoms with Gasteiger partial charge in [0.1, 0.15) is 0 Å². The molecule has 1 fully saturated rings. The minimum absolute atomic E-state index is 0.151. The second-order valence-corrected chi connectivity index (χ2v) is 7.12. The van der Waals surface area contributed by atoms with E-state index in [1.54, 1.807) is 0 Å². The van der Waals surface area contributed by atoms with Crippen LogP contribution < -0.4 is 10.3 Å². The molecule has 1 aliphatic heterocycles. The second-order valence-electron chi connectivity index (χ2n) is 7.12. The van der Waals surface area contributed by atoms with Crippen molar-refractivity contribution in [3.8, 4) is 0 Å². The maximum Gasteiger partial charge on any atom is 0.271 e. The number of hydrogen-bond acceptors (Lipinski definition) is 4. The number of nitrogens with zero attached hydrogens (tertiary/aromatic N) is 3. The highest BCUT2D eigenvalue weighted by Crippen LogP contribution is 2.17. The number of nitrogens with one attached hydrogen (secondary N) is 1. The maximum atomic E-state index is 12.2. The van der Waals surface area contributed by atoms with E-state index in [1.807, 2.05) is 38.1 Å². The predicted molar refractivity (Wildman–Crippen MR) is 116 cm³/mol. The first-order valence-corrected chi connectivity index (χ1v) is 10.2. The molecule has 1 aliphatic rings. The van der Waals surface area contributed by atoms with E-state index in [2.05, 4.69) is 50.7 Å². The molecule has 148 valence electrons. The van der Waals surface area contributed by atoms with Gasteiger partial charge in [-0.05, 0) is 42.7 Å². The molecule has 0 radical (unpaired) electrons. The molecular formula is C23H30N4O. The van der Waals surface area contributed by atoms with Crippen molar-refractivity contribution in [1.29, 1.82) is 0 Å². The first-order chi connectivity index (χ1) is 13.7. The molecule has 0 spiro atoms. The van der Waals surface area contributed by atoms with Crippen LogP contribution in [0.2, 0.25) is 0 Å². The van der Waals surface area contributed by atoms with Gasteiger partial charge in [-0.2, -0.15) is 5.10 Å². The van der Waals surface area contributed by atoms with Crippen LogP contribution in [0.25, 0.3) is 0 Å². The molecule has 5 nitrogen and oxygen atoms in total. The van der Waals surface area contributed by atoms with Crippen LogP contribution in [0.5, 0.6) is 0 Å². The fraction of sp³-hybridized carbons (Fsp3) is 0.391. The van der Waals surface area contributed by atoms with Crippen molar-refractivity contribution in [2.45, 2.75) is 33.2 Å². The van der Waals surface area contributed by atoms with Gasteiger partial charge >= 0.3 is 0 Å². The predicted octanol–water partition coefficient (Wildman–Crippen LogP) is 3.91. The Morgan fingerprint density at radius 3 is 2.18 bits per heavy atom. The fourth-order valence-corrected chi connectivity index (χ4v) is 3.43. The number of carbonyl (C=O) groups excluding carboxylic acids is 1. The van der Waals surface area contributed by atoms with E-state index < -0.39 is 0 Å². The minimum Gasteiger partial charge on any atom is -0.369 e. The molecule has 0 aliphatic carbocycles. The highest BCUT2D eigenvalue weighted by atomic mass is 16.2. The van der Waals surface area contributed by atoms with Gasteiger partial charge in [-0.1, -0.05) is 44.2 Å². The molecule has 0 unspecified atom stereocenters. The number of hydrazone groups is 1. The summed E-state index contributed by atoms with van der Waals surface area (Å²) in [5, 5.41) is 4.19. The molecule has 2 aromatic rings. The summed E-state index contributed by atoms with van der Waals surface area (Å²) >= 11 is 0. The summed E-state index contributed by atoms with van der Waals surface area (Å²) in [6, 6.07) is 18.5. The summed E-state index contributed by atoms with van der Waals surface area (Å²) in [7, 11) is 0. The summed E-state index contributed by atoms with van der Waals surface area (Å²) in [4.78, 5) is 17.1. The summed E-state index contributed by atoms with van der Waals surface area (Å²) < 4.78 is 0. The normalized spacial score (nSPS) is 14.6. The number of para-hydroxylation sites is 1. The van der Waals surface area contributed by atoms with Crippen LogP contribution >= 0.6 is 0 Å². The van der Waals surface area contributed by atoms with Crippen LogP contribution in [-0.2, 0) is 6.54 Å². The molecule has 1 saturated heterocycles. The molecule has 0 aromatic heterocycles. The lowest BCUT2D eigenvalue weighted by molar-refractivity contribution is 0.0954. The molecule has 28 heavy (non-hydrogen) atoms. The number of carbonyl (C=O) groups is 1. The van der Waals surface area contributed by atoms with Gasteiger partial charge in [0, 0.05) is 49.7 Å². The van der Waals surface area contributed by atoms with E-state index in [4.69, 9.17) is 0 Å². The lowest BCUT2D eigenvalue weighted by Gasteiger charge is -2.36. The zero-order valence-electron chi connectivity index (χ0n) is 16.9. The molecule has 1 N–H and O–H groups in total. The van der Waals surface area contributed by atoms with Gasteiger partial charge in [0.2, 0.25) is 0 Å². The van der Waals surface area contributed by atoms with Crippen molar-refractivity contribution in [3.63, 3.8) is 0 Å². The lowest BCUT2D eigenvalue weighted by Crippen LogP contribution is -2.45. The van der Waals surface area contributed by atoms with Crippen LogP contribution in [0, 0.1) is 0 Å². The third-order valence-electron chi connectivity index (χ3n) is 5.25. The molecular weight excluding hydrogens is 348 g/mol. The highest BCUT2D eigenvalue weighted by molar-refractivity contribution is 5.95. The lowest BCUT2D eigenvalue weighted by atomic mass is 10.1. The smallest absolute Gasteiger partial charge is 0.271 e. The molecule has 5 heteroatoms. The van der Waals surface area contributed by atoms with Crippen molar-refractivity contribution >= 4 is 17.3 Å². The van der Waals surface area contributed by atoms with Crippen LogP contribution in [-0.4, -0.2) is 42.7 Å². The first kappa shape index (κ1) is 20.1. The van der Waals surface area contributed by atoms with Crippen molar-refractivity contribution < 1.29 is 4.79 Å². The summed E-state index contributed by atoms with van der Waals surface area (Å²) in [5.74, 6) is -0.151. The summed E-state index contributed by atoms with van der Waals surface area (Å²) in [6.45, 7) is 9.18. The summed E-state index contributed by atoms with van der Waals surface area (Å²) in [6.07, 6.45) is 1.71. The van der Waals surface area contributed by atoms with Crippen molar-refractivity contribution in [2.75, 3.05) is 31.1 Å². The van der Waals surface area contributed by atoms with E-state index >= 15 is 0 Å². The Morgan fingerprint density at radius 1 is 0.929 bits per heavy atom. The van der Waals surface area contributed by atoms with Gasteiger partial charge < -0.3 is 4.90 Å². The molecule has 0 atom stereocenters. The van der Waals surface area contributed by atoms with E-state index in [1.165, 1.54) is 11.3 Å². The standard InChI is InChI=1S/C23H30N4O/c1-3-21(4-2)24-25-23(28)20-12-10-19(11-13-20)18-26-14-16-27(17-15-26)22-8-6-5-7-9-22/h5-13H,3-4,14-18H2,1-2H3,(H,25,28). The van der Waals surface area contributed by atoms with E-state index in [-0.39, 0.29) is 5.91 Å². The fourth-order valence-electron chi connectivity index (χ4n) is 3.43. The zero-order chi connectivity index (χ0) is 19.8. The van der Waals surface area contributed by atoms with Gasteiger partial charge in [-0.25, -0.2) is 5.43 Å². The van der Waals surface area contributed by atoms with E-state index in [0.29, 0.717) is 5.56 Å². The van der Waals surface area contributed by atoms with Gasteiger partial charge in [0.15, 0.2) is 0 Å². The van der Waals surface area contributed by atoms with Gasteiger partial charge in [-0.3, -0.25) is 9.69 Å². The van der Waals surface area contributed by atoms with E-state index in [0.717, 1.165) is 51.3 Å². The number of piperazine rings is 1. The highest BCUT2D eigenvalue weighted by Gasteiger charge is 2.17. The average Bonchev–Trinajstić information content (AvgIpc) is 2.76. The Balaban J connectivity index is 1.50. The Bertz CT molecular complexity index is 772. The second kappa shape index (κ2) is 10.0. The molecule has 2 aromatic carbocycles. The Labute approximate surface area is 168 Å². The Kier molecular flexibility index (Phi) is 7.20. The third kappa shape index (κ3) is 5.42. The van der Waals surface area contributed by atoms with Crippen molar-refractivity contribution in [1.82, 2.24) is 10.3 Å². The maximum absolute atomic E-state index is 12.2. The average molecular weight is 379 g/mol. The van der Waals surface area contributed by atoms with Gasteiger partial charge in [0.25, 0.3) is 5.91 Å². The quantitative estimate of drug-likeness (QED) is 0.587. The van der Waals surface area contributed by atoms with Crippen LogP contribution in [0.4, 0.5) is 5.69 Å². The molecule has 1 heterocycles. The number of amides is 1. The van der Waals surface area contributed by atoms with Crippen LogP contribution in [0.15, 0.2) is 59.7 Å². The Hall–Kier alpha value is -2.66. The number of rotatable bonds is 7. The van der Waals surface area contributed by atoms with Crippen molar-refractivity contribution in [2.24, 2.45) is 5.10 Å². The summed E-state index contributed by atoms with van der Waals surface area (Å²) in [5.41, 5.74) is 6.83.